The molecule has 1 N–H and O–H groups in total. The van der Waals surface area contributed by atoms with Crippen LogP contribution >= 0.6 is 11.6 Å². The fourth-order valence-corrected chi connectivity index (χ4v) is 3.92. The van der Waals surface area contributed by atoms with E-state index < -0.39 is 0 Å². The lowest BCUT2D eigenvalue weighted by atomic mass is 9.96. The quantitative estimate of drug-likeness (QED) is 0.892. The maximum atomic E-state index is 6.12. The molecule has 0 spiro atoms. The molecular weight excluding hydrogens is 346 g/mol. The molecule has 0 unspecified atom stereocenters. The van der Waals surface area contributed by atoms with E-state index in [1.54, 1.807) is 0 Å². The SMILES string of the molecule is CN1CCN(c2nc3c(c(NCc4cccc(Cl)c4)n2)CCCC3)CC1. The fourth-order valence-electron chi connectivity index (χ4n) is 3.71. The topological polar surface area (TPSA) is 44.3 Å². The summed E-state index contributed by atoms with van der Waals surface area (Å²) in [6.07, 6.45) is 4.57. The van der Waals surface area contributed by atoms with Crippen molar-refractivity contribution in [2.24, 2.45) is 0 Å². The lowest BCUT2D eigenvalue weighted by Gasteiger charge is -2.33. The molecule has 5 nitrogen and oxygen atoms in total. The van der Waals surface area contributed by atoms with E-state index in [2.05, 4.69) is 28.2 Å². The van der Waals surface area contributed by atoms with Gasteiger partial charge in [0.15, 0.2) is 0 Å². The number of hydrogen-bond acceptors (Lipinski definition) is 5. The molecule has 1 fully saturated rings. The van der Waals surface area contributed by atoms with Crippen LogP contribution < -0.4 is 10.2 Å². The van der Waals surface area contributed by atoms with Gasteiger partial charge in [-0.15, -0.1) is 0 Å². The van der Waals surface area contributed by atoms with Crippen LogP contribution in [0.4, 0.5) is 11.8 Å². The molecule has 0 radical (unpaired) electrons. The lowest BCUT2D eigenvalue weighted by Crippen LogP contribution is -2.45. The summed E-state index contributed by atoms with van der Waals surface area (Å²) in [6.45, 7) is 4.83. The molecule has 2 aromatic rings. The Labute approximate surface area is 160 Å². The van der Waals surface area contributed by atoms with E-state index >= 15 is 0 Å². The molecule has 0 amide bonds. The Morgan fingerprint density at radius 2 is 1.88 bits per heavy atom. The maximum Gasteiger partial charge on any atom is 0.227 e. The smallest absolute Gasteiger partial charge is 0.227 e. The molecule has 26 heavy (non-hydrogen) atoms. The van der Waals surface area contributed by atoms with Gasteiger partial charge in [0.05, 0.1) is 5.69 Å². The van der Waals surface area contributed by atoms with Crippen molar-refractivity contribution in [3.63, 3.8) is 0 Å². The van der Waals surface area contributed by atoms with Crippen LogP contribution in [0.1, 0.15) is 29.7 Å². The predicted octanol–water partition coefficient (Wildman–Crippen LogP) is 3.37. The van der Waals surface area contributed by atoms with Crippen LogP contribution in [0.3, 0.4) is 0 Å². The second-order valence-corrected chi connectivity index (χ2v) is 7.71. The Balaban J connectivity index is 1.58. The molecule has 1 aliphatic carbocycles. The standard InChI is InChI=1S/C20H26ClN5/c1-25-9-11-26(12-10-25)20-23-18-8-3-2-7-17(18)19(24-20)22-14-15-5-4-6-16(21)13-15/h4-6,13H,2-3,7-12,14H2,1H3,(H,22,23,24). The van der Waals surface area contributed by atoms with Crippen molar-refractivity contribution in [1.82, 2.24) is 14.9 Å². The zero-order valence-electron chi connectivity index (χ0n) is 15.3. The van der Waals surface area contributed by atoms with Gasteiger partial charge in [-0.25, -0.2) is 4.98 Å². The number of anilines is 2. The summed E-state index contributed by atoms with van der Waals surface area (Å²) >= 11 is 6.12. The highest BCUT2D eigenvalue weighted by Crippen LogP contribution is 2.28. The molecule has 0 bridgehead atoms. The van der Waals surface area contributed by atoms with Gasteiger partial charge in [-0.05, 0) is 50.4 Å². The Hall–Kier alpha value is -1.85. The van der Waals surface area contributed by atoms with Crippen LogP contribution in [0.2, 0.25) is 5.02 Å². The van der Waals surface area contributed by atoms with Gasteiger partial charge in [0.2, 0.25) is 5.95 Å². The van der Waals surface area contributed by atoms with Crippen LogP contribution in [0.5, 0.6) is 0 Å². The van der Waals surface area contributed by atoms with Gasteiger partial charge in [0, 0.05) is 43.3 Å². The van der Waals surface area contributed by atoms with E-state index in [0.29, 0.717) is 0 Å². The predicted molar refractivity (Wildman–Crippen MR) is 107 cm³/mol. The van der Waals surface area contributed by atoms with E-state index in [-0.39, 0.29) is 0 Å². The minimum atomic E-state index is 0.728. The van der Waals surface area contributed by atoms with Crippen molar-refractivity contribution < 1.29 is 0 Å². The minimum Gasteiger partial charge on any atom is -0.366 e. The second-order valence-electron chi connectivity index (χ2n) is 7.28. The van der Waals surface area contributed by atoms with Crippen LogP contribution in [0.25, 0.3) is 0 Å². The zero-order chi connectivity index (χ0) is 17.9. The first-order chi connectivity index (χ1) is 12.7. The summed E-state index contributed by atoms with van der Waals surface area (Å²) in [7, 11) is 2.17. The monoisotopic (exact) mass is 371 g/mol. The largest absolute Gasteiger partial charge is 0.366 e. The van der Waals surface area contributed by atoms with Crippen LogP contribution in [0, 0.1) is 0 Å². The number of hydrogen-bond donors (Lipinski definition) is 1. The molecule has 6 heteroatoms. The summed E-state index contributed by atoms with van der Waals surface area (Å²) in [4.78, 5) is 14.5. The van der Waals surface area contributed by atoms with Gasteiger partial charge >= 0.3 is 0 Å². The van der Waals surface area contributed by atoms with Crippen molar-refractivity contribution in [1.29, 1.82) is 0 Å². The minimum absolute atomic E-state index is 0.728. The molecule has 0 saturated carbocycles. The van der Waals surface area contributed by atoms with E-state index in [1.807, 2.05) is 18.2 Å². The van der Waals surface area contributed by atoms with Crippen molar-refractivity contribution in [2.45, 2.75) is 32.2 Å². The molecule has 1 aromatic carbocycles. The normalized spacial score (nSPS) is 17.8. The van der Waals surface area contributed by atoms with E-state index in [0.717, 1.165) is 62.4 Å². The molecule has 2 aliphatic rings. The number of piperazine rings is 1. The Bertz CT molecular complexity index is 771. The van der Waals surface area contributed by atoms with Crippen molar-refractivity contribution in [3.05, 3.63) is 46.1 Å². The molecule has 1 aromatic heterocycles. The summed E-state index contributed by atoms with van der Waals surface area (Å²) < 4.78 is 0. The average Bonchev–Trinajstić information content (AvgIpc) is 2.66. The van der Waals surface area contributed by atoms with Crippen molar-refractivity contribution in [2.75, 3.05) is 43.4 Å². The van der Waals surface area contributed by atoms with Crippen LogP contribution in [-0.4, -0.2) is 48.1 Å². The Morgan fingerprint density at radius 3 is 2.69 bits per heavy atom. The van der Waals surface area contributed by atoms with Crippen molar-refractivity contribution in [3.8, 4) is 0 Å². The number of rotatable bonds is 4. The highest BCUT2D eigenvalue weighted by atomic mass is 35.5. The highest BCUT2D eigenvalue weighted by molar-refractivity contribution is 6.30. The Morgan fingerprint density at radius 1 is 1.08 bits per heavy atom. The zero-order valence-corrected chi connectivity index (χ0v) is 16.1. The summed E-state index contributed by atoms with van der Waals surface area (Å²) in [6, 6.07) is 7.99. The average molecular weight is 372 g/mol. The third-order valence-electron chi connectivity index (χ3n) is 5.31. The number of likely N-dealkylation sites (N-methyl/N-ethyl adjacent to an activating group) is 1. The number of nitrogens with one attached hydrogen (secondary N) is 1. The van der Waals surface area contributed by atoms with Gasteiger partial charge in [-0.3, -0.25) is 0 Å². The molecule has 1 aliphatic heterocycles. The van der Waals surface area contributed by atoms with E-state index in [9.17, 15) is 0 Å². The fraction of sp³-hybridized carbons (Fsp3) is 0.500. The first-order valence-corrected chi connectivity index (χ1v) is 9.88. The molecule has 138 valence electrons. The van der Waals surface area contributed by atoms with E-state index in [1.165, 1.54) is 29.7 Å². The van der Waals surface area contributed by atoms with Gasteiger partial charge in [-0.1, -0.05) is 23.7 Å². The van der Waals surface area contributed by atoms with Crippen LogP contribution in [-0.2, 0) is 19.4 Å². The summed E-state index contributed by atoms with van der Waals surface area (Å²) in [5, 5.41) is 4.33. The van der Waals surface area contributed by atoms with Gasteiger partial charge in [0.1, 0.15) is 5.82 Å². The maximum absolute atomic E-state index is 6.12. The van der Waals surface area contributed by atoms with Gasteiger partial charge in [0.25, 0.3) is 0 Å². The number of aryl methyl sites for hydroxylation is 1. The number of benzene rings is 1. The lowest BCUT2D eigenvalue weighted by molar-refractivity contribution is 0.311. The number of nitrogens with zero attached hydrogens (tertiary/aromatic N) is 4. The molecule has 0 atom stereocenters. The third-order valence-corrected chi connectivity index (χ3v) is 5.54. The first-order valence-electron chi connectivity index (χ1n) is 9.50. The number of fused-ring (bicyclic) bond motifs is 1. The highest BCUT2D eigenvalue weighted by Gasteiger charge is 2.22. The van der Waals surface area contributed by atoms with Gasteiger partial charge < -0.3 is 15.1 Å². The summed E-state index contributed by atoms with van der Waals surface area (Å²) in [5.74, 6) is 1.89. The van der Waals surface area contributed by atoms with Crippen LogP contribution in [0.15, 0.2) is 24.3 Å². The second kappa shape index (κ2) is 7.80. The summed E-state index contributed by atoms with van der Waals surface area (Å²) in [5.41, 5.74) is 3.70. The molecular formula is C20H26ClN5. The van der Waals surface area contributed by atoms with Gasteiger partial charge in [-0.2, -0.15) is 4.98 Å². The third kappa shape index (κ3) is 3.94. The molecule has 4 rings (SSSR count). The first kappa shape index (κ1) is 17.6. The number of aromatic nitrogens is 2. The van der Waals surface area contributed by atoms with E-state index in [4.69, 9.17) is 21.6 Å². The molecule has 1 saturated heterocycles. The molecule has 2 heterocycles. The van der Waals surface area contributed by atoms with Crippen molar-refractivity contribution >= 4 is 23.4 Å². The number of halogens is 1. The Kier molecular flexibility index (Phi) is 5.27.